The van der Waals surface area contributed by atoms with Gasteiger partial charge >= 0.3 is 0 Å². The van der Waals surface area contributed by atoms with Gasteiger partial charge in [0.05, 0.1) is 12.4 Å². The molecule has 2 heterocycles. The van der Waals surface area contributed by atoms with Crippen LogP contribution in [0.5, 0.6) is 0 Å². The lowest BCUT2D eigenvalue weighted by molar-refractivity contribution is 0.189. The summed E-state index contributed by atoms with van der Waals surface area (Å²) in [6.07, 6.45) is 7.74. The highest BCUT2D eigenvalue weighted by atomic mass is 127. The van der Waals surface area contributed by atoms with Gasteiger partial charge in [-0.2, -0.15) is 0 Å². The SMILES string of the molecule is CN=C(NCCc1ccc(F)cc1)N1CCC(C)C(n2ccnc2)C1.I. The number of guanidine groups is 1. The van der Waals surface area contributed by atoms with Gasteiger partial charge < -0.3 is 14.8 Å². The molecule has 0 amide bonds. The molecule has 1 aliphatic rings. The smallest absolute Gasteiger partial charge is 0.193 e. The van der Waals surface area contributed by atoms with Gasteiger partial charge in [0.25, 0.3) is 0 Å². The molecule has 0 saturated carbocycles. The van der Waals surface area contributed by atoms with E-state index >= 15 is 0 Å². The highest BCUT2D eigenvalue weighted by Gasteiger charge is 2.28. The number of rotatable bonds is 4. The third kappa shape index (κ3) is 5.18. The van der Waals surface area contributed by atoms with Crippen molar-refractivity contribution in [3.63, 3.8) is 0 Å². The second kappa shape index (κ2) is 9.89. The third-order valence-corrected chi connectivity index (χ3v) is 4.95. The predicted molar refractivity (Wildman–Crippen MR) is 113 cm³/mol. The van der Waals surface area contributed by atoms with Gasteiger partial charge in [-0.3, -0.25) is 4.99 Å². The summed E-state index contributed by atoms with van der Waals surface area (Å²) < 4.78 is 15.2. The van der Waals surface area contributed by atoms with E-state index in [1.165, 1.54) is 12.1 Å². The Kier molecular flexibility index (Phi) is 7.86. The van der Waals surface area contributed by atoms with Gasteiger partial charge in [0.1, 0.15) is 5.82 Å². The first kappa shape index (κ1) is 20.7. The van der Waals surface area contributed by atoms with Crippen LogP contribution in [0.15, 0.2) is 48.0 Å². The second-order valence-corrected chi connectivity index (χ2v) is 6.64. The van der Waals surface area contributed by atoms with Crippen molar-refractivity contribution in [1.29, 1.82) is 0 Å². The van der Waals surface area contributed by atoms with Crippen molar-refractivity contribution in [2.24, 2.45) is 10.9 Å². The fraction of sp³-hybridized carbons (Fsp3) is 0.474. The summed E-state index contributed by atoms with van der Waals surface area (Å²) in [6.45, 7) is 5.00. The quantitative estimate of drug-likeness (QED) is 0.423. The van der Waals surface area contributed by atoms with Crippen LogP contribution in [0.25, 0.3) is 0 Å². The van der Waals surface area contributed by atoms with E-state index in [1.807, 2.05) is 37.9 Å². The molecule has 3 rings (SSSR count). The molecule has 1 aromatic carbocycles. The number of nitrogens with one attached hydrogen (secondary N) is 1. The normalized spacial score (nSPS) is 20.6. The molecule has 2 atom stereocenters. The number of benzene rings is 1. The Labute approximate surface area is 171 Å². The number of aliphatic imine (C=N–C) groups is 1. The maximum absolute atomic E-state index is 13.0. The van der Waals surface area contributed by atoms with Gasteiger partial charge in [-0.25, -0.2) is 9.37 Å². The van der Waals surface area contributed by atoms with Crippen molar-refractivity contribution in [2.45, 2.75) is 25.8 Å². The maximum Gasteiger partial charge on any atom is 0.193 e. The molecule has 1 aromatic heterocycles. The summed E-state index contributed by atoms with van der Waals surface area (Å²) >= 11 is 0. The Morgan fingerprint density at radius 2 is 2.12 bits per heavy atom. The van der Waals surface area contributed by atoms with E-state index in [4.69, 9.17) is 0 Å². The van der Waals surface area contributed by atoms with Crippen LogP contribution in [0.2, 0.25) is 0 Å². The molecular formula is C19H27FIN5. The van der Waals surface area contributed by atoms with E-state index < -0.39 is 0 Å². The summed E-state index contributed by atoms with van der Waals surface area (Å²) in [5.74, 6) is 1.35. The molecule has 0 spiro atoms. The minimum absolute atomic E-state index is 0. The first-order valence-electron chi connectivity index (χ1n) is 8.85. The van der Waals surface area contributed by atoms with Crippen molar-refractivity contribution < 1.29 is 4.39 Å². The van der Waals surface area contributed by atoms with Gasteiger partial charge in [0, 0.05) is 39.1 Å². The predicted octanol–water partition coefficient (Wildman–Crippen LogP) is 3.34. The summed E-state index contributed by atoms with van der Waals surface area (Å²) in [7, 11) is 1.82. The Morgan fingerprint density at radius 3 is 2.77 bits per heavy atom. The van der Waals surface area contributed by atoms with Crippen LogP contribution in [0.4, 0.5) is 4.39 Å². The largest absolute Gasteiger partial charge is 0.356 e. The van der Waals surface area contributed by atoms with Crippen LogP contribution in [-0.4, -0.2) is 47.1 Å². The fourth-order valence-electron chi connectivity index (χ4n) is 3.40. The summed E-state index contributed by atoms with van der Waals surface area (Å²) in [5.41, 5.74) is 1.12. The monoisotopic (exact) mass is 471 g/mol. The molecule has 26 heavy (non-hydrogen) atoms. The lowest BCUT2D eigenvalue weighted by atomic mass is 9.93. The number of likely N-dealkylation sites (tertiary alicyclic amines) is 1. The molecule has 2 unspecified atom stereocenters. The molecule has 5 nitrogen and oxygen atoms in total. The maximum atomic E-state index is 13.0. The van der Waals surface area contributed by atoms with Crippen molar-refractivity contribution >= 4 is 29.9 Å². The van der Waals surface area contributed by atoms with Crippen LogP contribution in [0.1, 0.15) is 24.9 Å². The zero-order valence-electron chi connectivity index (χ0n) is 15.3. The standard InChI is InChI=1S/C19H26FN5.HI/c1-15-8-11-24(13-18(15)25-12-10-22-14-25)19(21-2)23-9-7-16-3-5-17(20)6-4-16;/h3-6,10,12,14-15,18H,7-9,11,13H2,1-2H3,(H,21,23);1H. The van der Waals surface area contributed by atoms with Crippen LogP contribution in [0.3, 0.4) is 0 Å². The van der Waals surface area contributed by atoms with Crippen LogP contribution >= 0.6 is 24.0 Å². The molecule has 2 aromatic rings. The van der Waals surface area contributed by atoms with Crippen molar-refractivity contribution in [1.82, 2.24) is 19.8 Å². The van der Waals surface area contributed by atoms with Crippen molar-refractivity contribution in [2.75, 3.05) is 26.7 Å². The van der Waals surface area contributed by atoms with Crippen molar-refractivity contribution in [3.8, 4) is 0 Å². The molecule has 1 N–H and O–H groups in total. The molecule has 1 saturated heterocycles. The average molecular weight is 471 g/mol. The summed E-state index contributed by atoms with van der Waals surface area (Å²) in [6, 6.07) is 7.08. The third-order valence-electron chi connectivity index (χ3n) is 4.95. The van der Waals surface area contributed by atoms with E-state index in [-0.39, 0.29) is 29.8 Å². The number of hydrogen-bond acceptors (Lipinski definition) is 2. The first-order chi connectivity index (χ1) is 12.2. The van der Waals surface area contributed by atoms with Crippen LogP contribution in [0, 0.1) is 11.7 Å². The zero-order chi connectivity index (χ0) is 17.6. The Bertz CT molecular complexity index is 686. The van der Waals surface area contributed by atoms with Gasteiger partial charge in [0.2, 0.25) is 0 Å². The van der Waals surface area contributed by atoms with E-state index in [0.717, 1.165) is 44.0 Å². The van der Waals surface area contributed by atoms with Gasteiger partial charge in [0.15, 0.2) is 5.96 Å². The number of imidazole rings is 1. The number of hydrogen-bond donors (Lipinski definition) is 1. The fourth-order valence-corrected chi connectivity index (χ4v) is 3.40. The lowest BCUT2D eigenvalue weighted by Crippen LogP contribution is -2.49. The zero-order valence-corrected chi connectivity index (χ0v) is 17.6. The molecule has 142 valence electrons. The van der Waals surface area contributed by atoms with Crippen molar-refractivity contribution in [3.05, 3.63) is 54.4 Å². The molecule has 1 fully saturated rings. The molecule has 1 aliphatic heterocycles. The average Bonchev–Trinajstić information content (AvgIpc) is 3.15. The highest BCUT2D eigenvalue weighted by Crippen LogP contribution is 2.27. The molecule has 0 aliphatic carbocycles. The van der Waals surface area contributed by atoms with Crippen LogP contribution < -0.4 is 5.32 Å². The van der Waals surface area contributed by atoms with E-state index in [0.29, 0.717) is 12.0 Å². The number of piperidine rings is 1. The molecule has 0 bridgehead atoms. The highest BCUT2D eigenvalue weighted by molar-refractivity contribution is 14.0. The second-order valence-electron chi connectivity index (χ2n) is 6.64. The van der Waals surface area contributed by atoms with E-state index in [9.17, 15) is 4.39 Å². The number of halogens is 2. The Hall–Kier alpha value is -1.64. The van der Waals surface area contributed by atoms with Gasteiger partial charge in [-0.05, 0) is 36.5 Å². The summed E-state index contributed by atoms with van der Waals surface area (Å²) in [5, 5.41) is 3.44. The van der Waals surface area contributed by atoms with Gasteiger partial charge in [-0.1, -0.05) is 19.1 Å². The number of nitrogens with zero attached hydrogens (tertiary/aromatic N) is 4. The molecule has 7 heteroatoms. The lowest BCUT2D eigenvalue weighted by Gasteiger charge is -2.39. The summed E-state index contributed by atoms with van der Waals surface area (Å²) in [4.78, 5) is 10.9. The van der Waals surface area contributed by atoms with E-state index in [2.05, 4.69) is 31.7 Å². The minimum Gasteiger partial charge on any atom is -0.356 e. The molecular weight excluding hydrogens is 444 g/mol. The van der Waals surface area contributed by atoms with Crippen LogP contribution in [-0.2, 0) is 6.42 Å². The first-order valence-corrected chi connectivity index (χ1v) is 8.85. The van der Waals surface area contributed by atoms with Gasteiger partial charge in [-0.15, -0.1) is 24.0 Å². The van der Waals surface area contributed by atoms with E-state index in [1.54, 1.807) is 0 Å². The Balaban J connectivity index is 0.00000243. The Morgan fingerprint density at radius 1 is 1.35 bits per heavy atom. The number of aromatic nitrogens is 2. The molecule has 0 radical (unpaired) electrons. The topological polar surface area (TPSA) is 45.5 Å². The minimum atomic E-state index is -0.194.